The van der Waals surface area contributed by atoms with Gasteiger partial charge in [-0.25, -0.2) is 0 Å². The van der Waals surface area contributed by atoms with Crippen LogP contribution in [0, 0.1) is 0 Å². The maximum absolute atomic E-state index is 11.3. The highest BCUT2D eigenvalue weighted by atomic mass is 16.5. The van der Waals surface area contributed by atoms with Crippen molar-refractivity contribution in [1.82, 2.24) is 9.80 Å². The van der Waals surface area contributed by atoms with Gasteiger partial charge in [0, 0.05) is 32.2 Å². The van der Waals surface area contributed by atoms with E-state index < -0.39 is 0 Å². The molecule has 0 bridgehead atoms. The van der Waals surface area contributed by atoms with Gasteiger partial charge in [-0.3, -0.25) is 9.69 Å². The molecular weight excluding hydrogens is 194 g/mol. The van der Waals surface area contributed by atoms with Gasteiger partial charge in [0.2, 0.25) is 0 Å². The maximum Gasteiger partial charge on any atom is 0.320 e. The molecule has 5 nitrogen and oxygen atoms in total. The number of nitrogens with zero attached hydrogens (tertiary/aromatic N) is 2. The SMILES string of the molecule is CCOC(=O)CN(CCN)C1CN(C)C1. The second kappa shape index (κ2) is 6.05. The molecule has 0 aromatic heterocycles. The monoisotopic (exact) mass is 215 g/mol. The average molecular weight is 215 g/mol. The second-order valence-electron chi connectivity index (χ2n) is 3.94. The van der Waals surface area contributed by atoms with Crippen molar-refractivity contribution in [1.29, 1.82) is 0 Å². The predicted molar refractivity (Wildman–Crippen MR) is 58.5 cm³/mol. The summed E-state index contributed by atoms with van der Waals surface area (Å²) in [5.41, 5.74) is 5.52. The normalized spacial score (nSPS) is 17.9. The molecule has 1 fully saturated rings. The molecule has 0 aromatic carbocycles. The quantitative estimate of drug-likeness (QED) is 0.583. The van der Waals surface area contributed by atoms with Gasteiger partial charge >= 0.3 is 5.97 Å². The number of hydrogen-bond donors (Lipinski definition) is 1. The number of rotatable bonds is 6. The molecule has 0 atom stereocenters. The molecule has 2 N–H and O–H groups in total. The minimum atomic E-state index is -0.152. The molecule has 0 aromatic rings. The summed E-state index contributed by atoms with van der Waals surface area (Å²) in [6.45, 7) is 6.00. The Bertz CT molecular complexity index is 205. The van der Waals surface area contributed by atoms with Gasteiger partial charge in [-0.2, -0.15) is 0 Å². The highest BCUT2D eigenvalue weighted by Gasteiger charge is 2.30. The van der Waals surface area contributed by atoms with E-state index >= 15 is 0 Å². The van der Waals surface area contributed by atoms with Crippen LogP contribution in [-0.2, 0) is 9.53 Å². The lowest BCUT2D eigenvalue weighted by molar-refractivity contribution is -0.145. The summed E-state index contributed by atoms with van der Waals surface area (Å²) in [6.07, 6.45) is 0. The van der Waals surface area contributed by atoms with Gasteiger partial charge in [0.1, 0.15) is 0 Å². The number of likely N-dealkylation sites (tertiary alicyclic amines) is 1. The first-order chi connectivity index (χ1) is 7.17. The van der Waals surface area contributed by atoms with Crippen LogP contribution in [0.1, 0.15) is 6.92 Å². The van der Waals surface area contributed by atoms with Crippen molar-refractivity contribution in [2.45, 2.75) is 13.0 Å². The van der Waals surface area contributed by atoms with Crippen LogP contribution >= 0.6 is 0 Å². The number of esters is 1. The summed E-state index contributed by atoms with van der Waals surface area (Å²) in [5.74, 6) is -0.152. The number of likely N-dealkylation sites (N-methyl/N-ethyl adjacent to an activating group) is 1. The van der Waals surface area contributed by atoms with Crippen molar-refractivity contribution in [3.63, 3.8) is 0 Å². The van der Waals surface area contributed by atoms with Crippen LogP contribution in [0.3, 0.4) is 0 Å². The first-order valence-corrected chi connectivity index (χ1v) is 5.45. The first-order valence-electron chi connectivity index (χ1n) is 5.45. The number of nitrogens with two attached hydrogens (primary N) is 1. The van der Waals surface area contributed by atoms with Gasteiger partial charge in [-0.15, -0.1) is 0 Å². The summed E-state index contributed by atoms with van der Waals surface area (Å²) in [5, 5.41) is 0. The van der Waals surface area contributed by atoms with Gasteiger partial charge in [0.15, 0.2) is 0 Å². The summed E-state index contributed by atoms with van der Waals surface area (Å²) in [6, 6.07) is 0.461. The van der Waals surface area contributed by atoms with Crippen molar-refractivity contribution < 1.29 is 9.53 Å². The van der Waals surface area contributed by atoms with E-state index in [0.717, 1.165) is 19.6 Å². The Morgan fingerprint density at radius 3 is 2.73 bits per heavy atom. The zero-order valence-corrected chi connectivity index (χ0v) is 9.61. The molecule has 5 heteroatoms. The fraction of sp³-hybridized carbons (Fsp3) is 0.900. The zero-order chi connectivity index (χ0) is 11.3. The van der Waals surface area contributed by atoms with Crippen molar-refractivity contribution in [3.05, 3.63) is 0 Å². The molecule has 88 valence electrons. The lowest BCUT2D eigenvalue weighted by Gasteiger charge is -2.43. The number of carbonyl (C=O) groups excluding carboxylic acids is 1. The fourth-order valence-corrected chi connectivity index (χ4v) is 1.83. The average Bonchev–Trinajstić information content (AvgIpc) is 2.13. The standard InChI is InChI=1S/C10H21N3O2/c1-3-15-10(14)8-13(5-4-11)9-6-12(2)7-9/h9H,3-8,11H2,1-2H3. The highest BCUT2D eigenvalue weighted by Crippen LogP contribution is 2.11. The van der Waals surface area contributed by atoms with Gasteiger partial charge in [-0.05, 0) is 14.0 Å². The molecule has 15 heavy (non-hydrogen) atoms. The summed E-state index contributed by atoms with van der Waals surface area (Å²) in [4.78, 5) is 15.7. The minimum absolute atomic E-state index is 0.152. The van der Waals surface area contributed by atoms with Crippen molar-refractivity contribution in [2.24, 2.45) is 5.73 Å². The van der Waals surface area contributed by atoms with Crippen molar-refractivity contribution in [2.75, 3.05) is 46.4 Å². The molecule has 1 aliphatic heterocycles. The third-order valence-electron chi connectivity index (χ3n) is 2.62. The summed E-state index contributed by atoms with van der Waals surface area (Å²) in [7, 11) is 2.07. The third kappa shape index (κ3) is 3.77. The van der Waals surface area contributed by atoms with Crippen LogP contribution in [0.4, 0.5) is 0 Å². The van der Waals surface area contributed by atoms with Crippen LogP contribution in [0.15, 0.2) is 0 Å². The van der Waals surface area contributed by atoms with Gasteiger partial charge in [0.05, 0.1) is 13.2 Å². The lowest BCUT2D eigenvalue weighted by Crippen LogP contribution is -2.59. The second-order valence-corrected chi connectivity index (χ2v) is 3.94. The molecular formula is C10H21N3O2. The largest absolute Gasteiger partial charge is 0.465 e. The van der Waals surface area contributed by atoms with E-state index in [1.54, 1.807) is 0 Å². The molecule has 0 saturated carbocycles. The van der Waals surface area contributed by atoms with E-state index in [4.69, 9.17) is 10.5 Å². The van der Waals surface area contributed by atoms with E-state index in [1.807, 2.05) is 6.92 Å². The third-order valence-corrected chi connectivity index (χ3v) is 2.62. The molecule has 0 aliphatic carbocycles. The predicted octanol–water partition coefficient (Wildman–Crippen LogP) is -0.876. The lowest BCUT2D eigenvalue weighted by atomic mass is 10.1. The van der Waals surface area contributed by atoms with Crippen molar-refractivity contribution >= 4 is 5.97 Å². The molecule has 1 saturated heterocycles. The Labute approximate surface area is 91.2 Å². The molecule has 1 heterocycles. The number of carbonyl (C=O) groups is 1. The molecule has 0 unspecified atom stereocenters. The Morgan fingerprint density at radius 2 is 2.27 bits per heavy atom. The van der Waals surface area contributed by atoms with Gasteiger partial charge in [-0.1, -0.05) is 0 Å². The summed E-state index contributed by atoms with van der Waals surface area (Å²) >= 11 is 0. The molecule has 0 amide bonds. The fourth-order valence-electron chi connectivity index (χ4n) is 1.83. The van der Waals surface area contributed by atoms with Crippen LogP contribution in [0.5, 0.6) is 0 Å². The number of ether oxygens (including phenoxy) is 1. The van der Waals surface area contributed by atoms with E-state index in [9.17, 15) is 4.79 Å². The van der Waals surface area contributed by atoms with E-state index in [2.05, 4.69) is 16.8 Å². The summed E-state index contributed by atoms with van der Waals surface area (Å²) < 4.78 is 4.93. The van der Waals surface area contributed by atoms with Crippen LogP contribution in [0.2, 0.25) is 0 Å². The Balaban J connectivity index is 2.33. The van der Waals surface area contributed by atoms with Crippen LogP contribution in [-0.4, -0.2) is 68.2 Å². The topological polar surface area (TPSA) is 58.8 Å². The van der Waals surface area contributed by atoms with E-state index in [0.29, 0.717) is 25.7 Å². The Hall–Kier alpha value is -0.650. The van der Waals surface area contributed by atoms with E-state index in [-0.39, 0.29) is 5.97 Å². The smallest absolute Gasteiger partial charge is 0.320 e. The van der Waals surface area contributed by atoms with Gasteiger partial charge in [0.25, 0.3) is 0 Å². The molecule has 1 aliphatic rings. The first kappa shape index (κ1) is 12.4. The molecule has 1 rings (SSSR count). The molecule has 0 radical (unpaired) electrons. The van der Waals surface area contributed by atoms with Crippen molar-refractivity contribution in [3.8, 4) is 0 Å². The Kier molecular flexibility index (Phi) is 5.01. The highest BCUT2D eigenvalue weighted by molar-refractivity contribution is 5.71. The number of hydrogen-bond acceptors (Lipinski definition) is 5. The maximum atomic E-state index is 11.3. The van der Waals surface area contributed by atoms with Gasteiger partial charge < -0.3 is 15.4 Å². The Morgan fingerprint density at radius 1 is 1.60 bits per heavy atom. The van der Waals surface area contributed by atoms with Crippen LogP contribution in [0.25, 0.3) is 0 Å². The minimum Gasteiger partial charge on any atom is -0.465 e. The van der Waals surface area contributed by atoms with Crippen LogP contribution < -0.4 is 5.73 Å². The molecule has 0 spiro atoms. The zero-order valence-electron chi connectivity index (χ0n) is 9.61. The van der Waals surface area contributed by atoms with E-state index in [1.165, 1.54) is 0 Å².